The van der Waals surface area contributed by atoms with E-state index in [0.717, 1.165) is 35.4 Å². The van der Waals surface area contributed by atoms with Crippen molar-refractivity contribution in [3.63, 3.8) is 0 Å². The van der Waals surface area contributed by atoms with Gasteiger partial charge in [0.2, 0.25) is 5.91 Å². The maximum absolute atomic E-state index is 12.4. The molecule has 104 valence electrons. The molecule has 1 aromatic carbocycles. The van der Waals surface area contributed by atoms with E-state index in [4.69, 9.17) is 4.74 Å². The summed E-state index contributed by atoms with van der Waals surface area (Å²) in [6.45, 7) is 4.57. The minimum absolute atomic E-state index is 0.158. The van der Waals surface area contributed by atoms with Gasteiger partial charge in [0, 0.05) is 35.7 Å². The lowest BCUT2D eigenvalue weighted by Crippen LogP contribution is -2.52. The van der Waals surface area contributed by atoms with Crippen molar-refractivity contribution in [1.82, 2.24) is 10.2 Å². The predicted octanol–water partition coefficient (Wildman–Crippen LogP) is 1.82. The van der Waals surface area contributed by atoms with Crippen LogP contribution in [0.4, 0.5) is 0 Å². The van der Waals surface area contributed by atoms with Crippen LogP contribution in [0.3, 0.4) is 0 Å². The van der Waals surface area contributed by atoms with Crippen molar-refractivity contribution in [1.29, 1.82) is 0 Å². The Hall–Kier alpha value is -1.07. The standard InChI is InChI=1S/C14H19BrN2O2/c1-10-9-16-5-6-17(10)14(18)8-11-7-12(15)3-4-13(11)19-2/h3-4,7,10,16H,5-6,8-9H2,1-2H3/t10-/m0/s1. The second-order valence-electron chi connectivity index (χ2n) is 4.77. The zero-order chi connectivity index (χ0) is 13.8. The van der Waals surface area contributed by atoms with Crippen LogP contribution in [-0.2, 0) is 11.2 Å². The molecular formula is C14H19BrN2O2. The van der Waals surface area contributed by atoms with E-state index in [9.17, 15) is 4.79 Å². The van der Waals surface area contributed by atoms with Crippen molar-refractivity contribution in [3.05, 3.63) is 28.2 Å². The molecule has 1 fully saturated rings. The van der Waals surface area contributed by atoms with Crippen LogP contribution in [0, 0.1) is 0 Å². The average Bonchev–Trinajstić information content (AvgIpc) is 2.39. The van der Waals surface area contributed by atoms with E-state index in [2.05, 4.69) is 28.2 Å². The fourth-order valence-corrected chi connectivity index (χ4v) is 2.77. The van der Waals surface area contributed by atoms with Gasteiger partial charge in [-0.3, -0.25) is 4.79 Å². The Morgan fingerprint density at radius 1 is 1.58 bits per heavy atom. The van der Waals surface area contributed by atoms with Crippen molar-refractivity contribution < 1.29 is 9.53 Å². The molecule has 4 nitrogen and oxygen atoms in total. The lowest BCUT2D eigenvalue weighted by molar-refractivity contribution is -0.133. The van der Waals surface area contributed by atoms with E-state index < -0.39 is 0 Å². The molecule has 1 aromatic rings. The Morgan fingerprint density at radius 2 is 2.37 bits per heavy atom. The molecule has 1 heterocycles. The quantitative estimate of drug-likeness (QED) is 0.921. The van der Waals surface area contributed by atoms with E-state index in [0.29, 0.717) is 6.42 Å². The summed E-state index contributed by atoms with van der Waals surface area (Å²) in [6.07, 6.45) is 0.382. The number of methoxy groups -OCH3 is 1. The first-order valence-corrected chi connectivity index (χ1v) is 7.23. The molecule has 1 amide bonds. The van der Waals surface area contributed by atoms with Gasteiger partial charge < -0.3 is 15.0 Å². The van der Waals surface area contributed by atoms with Gasteiger partial charge in [-0.05, 0) is 25.1 Å². The summed E-state index contributed by atoms with van der Waals surface area (Å²) < 4.78 is 6.27. The predicted molar refractivity (Wildman–Crippen MR) is 78.4 cm³/mol. The van der Waals surface area contributed by atoms with Gasteiger partial charge in [0.25, 0.3) is 0 Å². The summed E-state index contributed by atoms with van der Waals surface area (Å²) in [7, 11) is 1.63. The highest BCUT2D eigenvalue weighted by molar-refractivity contribution is 9.10. The van der Waals surface area contributed by atoms with Crippen molar-refractivity contribution in [2.24, 2.45) is 0 Å². The topological polar surface area (TPSA) is 41.6 Å². The van der Waals surface area contributed by atoms with Crippen LogP contribution in [0.5, 0.6) is 5.75 Å². The fraction of sp³-hybridized carbons (Fsp3) is 0.500. The summed E-state index contributed by atoms with van der Waals surface area (Å²) in [5, 5.41) is 3.29. The molecule has 5 heteroatoms. The van der Waals surface area contributed by atoms with Crippen LogP contribution >= 0.6 is 15.9 Å². The number of halogens is 1. The number of amides is 1. The molecule has 0 aliphatic carbocycles. The third kappa shape index (κ3) is 3.48. The number of nitrogens with one attached hydrogen (secondary N) is 1. The normalized spacial score (nSPS) is 19.3. The maximum atomic E-state index is 12.4. The van der Waals surface area contributed by atoms with Crippen LogP contribution in [-0.4, -0.2) is 43.6 Å². The van der Waals surface area contributed by atoms with Gasteiger partial charge in [0.1, 0.15) is 5.75 Å². The zero-order valence-electron chi connectivity index (χ0n) is 11.3. The third-order valence-electron chi connectivity index (χ3n) is 3.41. The average molecular weight is 327 g/mol. The van der Waals surface area contributed by atoms with Gasteiger partial charge in [-0.1, -0.05) is 15.9 Å². The Morgan fingerprint density at radius 3 is 3.05 bits per heavy atom. The molecule has 1 aliphatic heterocycles. The van der Waals surface area contributed by atoms with Crippen LogP contribution in [0.15, 0.2) is 22.7 Å². The van der Waals surface area contributed by atoms with Crippen molar-refractivity contribution >= 4 is 21.8 Å². The van der Waals surface area contributed by atoms with Gasteiger partial charge in [-0.15, -0.1) is 0 Å². The number of rotatable bonds is 3. The van der Waals surface area contributed by atoms with Gasteiger partial charge in [-0.2, -0.15) is 0 Å². The van der Waals surface area contributed by atoms with Crippen molar-refractivity contribution in [3.8, 4) is 5.75 Å². The molecule has 0 spiro atoms. The van der Waals surface area contributed by atoms with Crippen LogP contribution in [0.1, 0.15) is 12.5 Å². The minimum Gasteiger partial charge on any atom is -0.496 e. The van der Waals surface area contributed by atoms with Crippen molar-refractivity contribution in [2.75, 3.05) is 26.7 Å². The van der Waals surface area contributed by atoms with Gasteiger partial charge >= 0.3 is 0 Å². The number of hydrogen-bond donors (Lipinski definition) is 1. The molecule has 0 saturated carbocycles. The van der Waals surface area contributed by atoms with Crippen LogP contribution in [0.25, 0.3) is 0 Å². The van der Waals surface area contributed by atoms with E-state index in [1.54, 1.807) is 7.11 Å². The monoisotopic (exact) mass is 326 g/mol. The highest BCUT2D eigenvalue weighted by Crippen LogP contribution is 2.24. The van der Waals surface area contributed by atoms with Gasteiger partial charge in [-0.25, -0.2) is 0 Å². The molecule has 1 atom stereocenters. The largest absolute Gasteiger partial charge is 0.496 e. The van der Waals surface area contributed by atoms with E-state index in [-0.39, 0.29) is 11.9 Å². The lowest BCUT2D eigenvalue weighted by Gasteiger charge is -2.34. The smallest absolute Gasteiger partial charge is 0.227 e. The van der Waals surface area contributed by atoms with Gasteiger partial charge in [0.05, 0.1) is 13.5 Å². The summed E-state index contributed by atoms with van der Waals surface area (Å²) in [4.78, 5) is 14.3. The van der Waals surface area contributed by atoms with Crippen molar-refractivity contribution in [2.45, 2.75) is 19.4 Å². The first kappa shape index (κ1) is 14.3. The van der Waals surface area contributed by atoms with E-state index >= 15 is 0 Å². The molecule has 0 unspecified atom stereocenters. The number of carbonyl (C=O) groups excluding carboxylic acids is 1. The molecule has 1 saturated heterocycles. The maximum Gasteiger partial charge on any atom is 0.227 e. The number of ether oxygens (including phenoxy) is 1. The summed E-state index contributed by atoms with van der Waals surface area (Å²) in [6, 6.07) is 6.00. The number of carbonyl (C=O) groups is 1. The Kier molecular flexibility index (Phi) is 4.82. The molecule has 0 aromatic heterocycles. The zero-order valence-corrected chi connectivity index (χ0v) is 12.9. The minimum atomic E-state index is 0.158. The lowest BCUT2D eigenvalue weighted by atomic mass is 10.1. The number of benzene rings is 1. The molecule has 0 radical (unpaired) electrons. The first-order valence-electron chi connectivity index (χ1n) is 6.44. The second kappa shape index (κ2) is 6.39. The Balaban J connectivity index is 2.11. The highest BCUT2D eigenvalue weighted by Gasteiger charge is 2.23. The second-order valence-corrected chi connectivity index (χ2v) is 5.69. The number of piperazine rings is 1. The summed E-state index contributed by atoms with van der Waals surface area (Å²) in [5.41, 5.74) is 0.924. The third-order valence-corrected chi connectivity index (χ3v) is 3.90. The Labute approximate surface area is 122 Å². The molecule has 1 aliphatic rings. The van der Waals surface area contributed by atoms with E-state index in [1.165, 1.54) is 0 Å². The molecule has 0 bridgehead atoms. The SMILES string of the molecule is COc1ccc(Br)cc1CC(=O)N1CCNC[C@@H]1C. The Bertz CT molecular complexity index is 465. The highest BCUT2D eigenvalue weighted by atomic mass is 79.9. The molecule has 1 N–H and O–H groups in total. The van der Waals surface area contributed by atoms with Crippen LogP contribution in [0.2, 0.25) is 0 Å². The molecule has 2 rings (SSSR count). The van der Waals surface area contributed by atoms with Gasteiger partial charge in [0.15, 0.2) is 0 Å². The van der Waals surface area contributed by atoms with Crippen LogP contribution < -0.4 is 10.1 Å². The first-order chi connectivity index (χ1) is 9.11. The fourth-order valence-electron chi connectivity index (χ4n) is 2.36. The molecular weight excluding hydrogens is 308 g/mol. The summed E-state index contributed by atoms with van der Waals surface area (Å²) in [5.74, 6) is 0.921. The molecule has 19 heavy (non-hydrogen) atoms. The van der Waals surface area contributed by atoms with E-state index in [1.807, 2.05) is 23.1 Å². The number of hydrogen-bond acceptors (Lipinski definition) is 3. The number of nitrogens with zero attached hydrogens (tertiary/aromatic N) is 1. The summed E-state index contributed by atoms with van der Waals surface area (Å²) >= 11 is 3.43.